The highest BCUT2D eigenvalue weighted by Crippen LogP contribution is 2.13. The van der Waals surface area contributed by atoms with Crippen molar-refractivity contribution >= 4 is 5.91 Å². The molecule has 1 aromatic carbocycles. The lowest BCUT2D eigenvalue weighted by molar-refractivity contribution is 0.0579. The predicted molar refractivity (Wildman–Crippen MR) is 81.6 cm³/mol. The van der Waals surface area contributed by atoms with Crippen LogP contribution in [0.15, 0.2) is 24.3 Å². The molecule has 1 saturated heterocycles. The van der Waals surface area contributed by atoms with E-state index in [1.165, 1.54) is 0 Å². The smallest absolute Gasteiger partial charge is 0.253 e. The highest BCUT2D eigenvalue weighted by atomic mass is 16.2. The van der Waals surface area contributed by atoms with Crippen LogP contribution in [0.4, 0.5) is 0 Å². The molecule has 0 spiro atoms. The van der Waals surface area contributed by atoms with Gasteiger partial charge in [-0.25, -0.2) is 0 Å². The van der Waals surface area contributed by atoms with Crippen molar-refractivity contribution < 1.29 is 4.79 Å². The third kappa shape index (κ3) is 3.38. The molecule has 1 aliphatic rings. The molecule has 1 atom stereocenters. The number of rotatable bonds is 4. The Morgan fingerprint density at radius 2 is 2.00 bits per heavy atom. The maximum absolute atomic E-state index is 12.5. The lowest BCUT2D eigenvalue weighted by Crippen LogP contribution is -2.51. The molecule has 110 valence electrons. The summed E-state index contributed by atoms with van der Waals surface area (Å²) in [7, 11) is 0. The molecule has 2 rings (SSSR count). The van der Waals surface area contributed by atoms with E-state index in [0.29, 0.717) is 12.6 Å². The van der Waals surface area contributed by atoms with Crippen LogP contribution in [0.5, 0.6) is 0 Å². The van der Waals surface area contributed by atoms with Crippen LogP contribution in [-0.4, -0.2) is 47.9 Å². The molecule has 1 amide bonds. The summed E-state index contributed by atoms with van der Waals surface area (Å²) in [5.74, 6) is 0.129. The number of hydrogen-bond donors (Lipinski definition) is 1. The van der Waals surface area contributed by atoms with Gasteiger partial charge in [0.15, 0.2) is 0 Å². The summed E-state index contributed by atoms with van der Waals surface area (Å²) < 4.78 is 0. The minimum absolute atomic E-state index is 0.129. The fraction of sp³-hybridized carbons (Fsp3) is 0.562. The lowest BCUT2D eigenvalue weighted by atomic mass is 10.1. The quantitative estimate of drug-likeness (QED) is 0.910. The van der Waals surface area contributed by atoms with Crippen molar-refractivity contribution in [3.05, 3.63) is 35.4 Å². The Morgan fingerprint density at radius 1 is 1.30 bits per heavy atom. The Labute approximate surface area is 121 Å². The molecule has 1 fully saturated rings. The SMILES string of the molecule is CCC(C)N1CCN(C(=O)c2cccc(CN)c2)CC1. The number of nitrogens with zero attached hydrogens (tertiary/aromatic N) is 2. The fourth-order valence-electron chi connectivity index (χ4n) is 2.64. The second-order valence-corrected chi connectivity index (χ2v) is 5.49. The van der Waals surface area contributed by atoms with E-state index >= 15 is 0 Å². The molecule has 0 aromatic heterocycles. The van der Waals surface area contributed by atoms with Crippen LogP contribution >= 0.6 is 0 Å². The summed E-state index contributed by atoms with van der Waals surface area (Å²) in [5, 5.41) is 0. The highest BCUT2D eigenvalue weighted by molar-refractivity contribution is 5.94. The van der Waals surface area contributed by atoms with E-state index in [1.54, 1.807) is 0 Å². The normalized spacial score (nSPS) is 18.1. The van der Waals surface area contributed by atoms with Gasteiger partial charge in [-0.3, -0.25) is 9.69 Å². The summed E-state index contributed by atoms with van der Waals surface area (Å²) in [6.45, 7) is 8.51. The third-order valence-corrected chi connectivity index (χ3v) is 4.23. The molecule has 0 saturated carbocycles. The third-order valence-electron chi connectivity index (χ3n) is 4.23. The summed E-state index contributed by atoms with van der Waals surface area (Å²) >= 11 is 0. The Kier molecular flexibility index (Phi) is 5.15. The van der Waals surface area contributed by atoms with Crippen molar-refractivity contribution in [1.29, 1.82) is 0 Å². The van der Waals surface area contributed by atoms with Gasteiger partial charge in [0, 0.05) is 44.3 Å². The van der Waals surface area contributed by atoms with Crippen LogP contribution in [-0.2, 0) is 6.54 Å². The Balaban J connectivity index is 1.97. The number of nitrogens with two attached hydrogens (primary N) is 1. The molecular formula is C16H25N3O. The summed E-state index contributed by atoms with van der Waals surface area (Å²) in [4.78, 5) is 16.9. The number of carbonyl (C=O) groups excluding carboxylic acids is 1. The molecule has 20 heavy (non-hydrogen) atoms. The Hall–Kier alpha value is -1.39. The number of carbonyl (C=O) groups is 1. The largest absolute Gasteiger partial charge is 0.336 e. The zero-order valence-corrected chi connectivity index (χ0v) is 12.5. The molecule has 4 nitrogen and oxygen atoms in total. The topological polar surface area (TPSA) is 49.6 Å². The number of hydrogen-bond acceptors (Lipinski definition) is 3. The van der Waals surface area contributed by atoms with Gasteiger partial charge in [0.05, 0.1) is 0 Å². The van der Waals surface area contributed by atoms with Gasteiger partial charge < -0.3 is 10.6 Å². The van der Waals surface area contributed by atoms with E-state index in [-0.39, 0.29) is 5.91 Å². The van der Waals surface area contributed by atoms with E-state index in [0.717, 1.165) is 43.7 Å². The fourth-order valence-corrected chi connectivity index (χ4v) is 2.64. The second-order valence-electron chi connectivity index (χ2n) is 5.49. The van der Waals surface area contributed by atoms with E-state index in [9.17, 15) is 4.79 Å². The standard InChI is InChI=1S/C16H25N3O/c1-3-13(2)18-7-9-19(10-8-18)16(20)15-6-4-5-14(11-15)12-17/h4-6,11,13H,3,7-10,12,17H2,1-2H3. The predicted octanol–water partition coefficient (Wildman–Crippen LogP) is 1.70. The molecule has 0 bridgehead atoms. The van der Waals surface area contributed by atoms with Gasteiger partial charge >= 0.3 is 0 Å². The first kappa shape index (κ1) is 15.0. The molecule has 2 N–H and O–H groups in total. The zero-order valence-electron chi connectivity index (χ0n) is 12.5. The average Bonchev–Trinajstić information content (AvgIpc) is 2.53. The minimum Gasteiger partial charge on any atom is -0.336 e. The van der Waals surface area contributed by atoms with Crippen molar-refractivity contribution in [2.75, 3.05) is 26.2 Å². The van der Waals surface area contributed by atoms with Crippen molar-refractivity contribution in [1.82, 2.24) is 9.80 Å². The summed E-state index contributed by atoms with van der Waals surface area (Å²) in [6.07, 6.45) is 1.16. The summed E-state index contributed by atoms with van der Waals surface area (Å²) in [6, 6.07) is 8.25. The first-order valence-corrected chi connectivity index (χ1v) is 7.48. The maximum Gasteiger partial charge on any atom is 0.253 e. The van der Waals surface area contributed by atoms with Crippen molar-refractivity contribution in [3.8, 4) is 0 Å². The molecule has 1 heterocycles. The van der Waals surface area contributed by atoms with Gasteiger partial charge in [-0.2, -0.15) is 0 Å². The van der Waals surface area contributed by atoms with Crippen LogP contribution in [0.1, 0.15) is 36.2 Å². The maximum atomic E-state index is 12.5. The van der Waals surface area contributed by atoms with Gasteiger partial charge in [-0.05, 0) is 31.0 Å². The van der Waals surface area contributed by atoms with Gasteiger partial charge in [0.2, 0.25) is 0 Å². The zero-order chi connectivity index (χ0) is 14.5. The van der Waals surface area contributed by atoms with Crippen molar-refractivity contribution in [2.24, 2.45) is 5.73 Å². The minimum atomic E-state index is 0.129. The first-order chi connectivity index (χ1) is 9.65. The van der Waals surface area contributed by atoms with Crippen LogP contribution in [0.2, 0.25) is 0 Å². The molecule has 1 unspecified atom stereocenters. The highest BCUT2D eigenvalue weighted by Gasteiger charge is 2.24. The molecule has 0 aliphatic carbocycles. The van der Waals surface area contributed by atoms with Gasteiger partial charge in [0.1, 0.15) is 0 Å². The number of piperazine rings is 1. The Morgan fingerprint density at radius 3 is 2.60 bits per heavy atom. The molecular weight excluding hydrogens is 250 g/mol. The lowest BCUT2D eigenvalue weighted by Gasteiger charge is -2.37. The molecule has 1 aliphatic heterocycles. The second kappa shape index (κ2) is 6.86. The summed E-state index contributed by atoms with van der Waals surface area (Å²) in [5.41, 5.74) is 7.40. The van der Waals surface area contributed by atoms with Crippen molar-refractivity contribution in [3.63, 3.8) is 0 Å². The van der Waals surface area contributed by atoms with Crippen LogP contribution < -0.4 is 5.73 Å². The van der Waals surface area contributed by atoms with E-state index in [4.69, 9.17) is 5.73 Å². The van der Waals surface area contributed by atoms with Crippen LogP contribution in [0.25, 0.3) is 0 Å². The molecule has 0 radical (unpaired) electrons. The van der Waals surface area contributed by atoms with E-state index in [2.05, 4.69) is 18.7 Å². The van der Waals surface area contributed by atoms with E-state index < -0.39 is 0 Å². The van der Waals surface area contributed by atoms with Gasteiger partial charge in [-0.1, -0.05) is 19.1 Å². The number of amides is 1. The van der Waals surface area contributed by atoms with Crippen LogP contribution in [0, 0.1) is 0 Å². The van der Waals surface area contributed by atoms with Crippen molar-refractivity contribution in [2.45, 2.75) is 32.9 Å². The van der Waals surface area contributed by atoms with E-state index in [1.807, 2.05) is 29.2 Å². The van der Waals surface area contributed by atoms with Gasteiger partial charge in [-0.15, -0.1) is 0 Å². The Bertz CT molecular complexity index is 453. The average molecular weight is 275 g/mol. The van der Waals surface area contributed by atoms with Gasteiger partial charge in [0.25, 0.3) is 5.91 Å². The van der Waals surface area contributed by atoms with Crippen LogP contribution in [0.3, 0.4) is 0 Å². The molecule has 4 heteroatoms. The number of benzene rings is 1. The first-order valence-electron chi connectivity index (χ1n) is 7.48. The monoisotopic (exact) mass is 275 g/mol. The molecule has 1 aromatic rings.